The molecule has 0 saturated carbocycles. The molecule has 1 aliphatic heterocycles. The van der Waals surface area contributed by atoms with Gasteiger partial charge in [-0.25, -0.2) is 0 Å². The van der Waals surface area contributed by atoms with Gasteiger partial charge in [-0.05, 0) is 19.3 Å². The highest BCUT2D eigenvalue weighted by atomic mass is 16.5. The fraction of sp³-hybridized carbons (Fsp3) is 0.950. The number of hydrogen-bond donors (Lipinski definition) is 1. The van der Waals surface area contributed by atoms with Crippen molar-refractivity contribution in [1.29, 1.82) is 0 Å². The van der Waals surface area contributed by atoms with Crippen molar-refractivity contribution in [2.45, 2.75) is 220 Å². The van der Waals surface area contributed by atoms with Crippen LogP contribution < -0.4 is 5.32 Å². The van der Waals surface area contributed by atoms with Crippen molar-refractivity contribution >= 4 is 11.8 Å². The molecule has 4 nitrogen and oxygen atoms in total. The van der Waals surface area contributed by atoms with Crippen molar-refractivity contribution in [3.05, 3.63) is 0 Å². The summed E-state index contributed by atoms with van der Waals surface area (Å²) in [5, 5.41) is 3.53. The third kappa shape index (κ3) is 24.2. The van der Waals surface area contributed by atoms with Gasteiger partial charge in [-0.1, -0.05) is 194 Å². The van der Waals surface area contributed by atoms with Crippen molar-refractivity contribution in [3.63, 3.8) is 0 Å². The first-order valence-corrected chi connectivity index (χ1v) is 20.1. The molecule has 1 aliphatic rings. The lowest BCUT2D eigenvalue weighted by atomic mass is 9.80. The molecule has 44 heavy (non-hydrogen) atoms. The minimum atomic E-state index is -0.00989. The molecule has 0 saturated heterocycles. The highest BCUT2D eigenvalue weighted by molar-refractivity contribution is 5.89. The van der Waals surface area contributed by atoms with Gasteiger partial charge in [-0.2, -0.15) is 0 Å². The molecule has 4 heteroatoms. The van der Waals surface area contributed by atoms with E-state index < -0.39 is 0 Å². The van der Waals surface area contributed by atoms with Gasteiger partial charge in [0, 0.05) is 18.4 Å². The van der Waals surface area contributed by atoms with Crippen molar-refractivity contribution in [2.75, 3.05) is 19.7 Å². The average molecular weight is 619 g/mol. The monoisotopic (exact) mass is 619 g/mol. The number of unbranched alkanes of at least 4 members (excludes halogenated alkanes) is 26. The Labute approximate surface area is 276 Å². The van der Waals surface area contributed by atoms with Crippen LogP contribution in [0.2, 0.25) is 0 Å². The number of nitrogens with zero attached hydrogens (tertiary/aromatic N) is 1. The SMILES string of the molecule is CCCCCCCCCCCCCCCCCC(=O)OCCC(C)(CCCCCCCCCCCCCCC)C1=NCCN1. The maximum Gasteiger partial charge on any atom is 0.305 e. The summed E-state index contributed by atoms with van der Waals surface area (Å²) in [5.74, 6) is 1.14. The lowest BCUT2D eigenvalue weighted by Crippen LogP contribution is -2.37. The number of ether oxygens (including phenoxy) is 1. The van der Waals surface area contributed by atoms with Gasteiger partial charge < -0.3 is 10.1 Å². The Bertz CT molecular complexity index is 664. The number of hydrogen-bond acceptors (Lipinski definition) is 4. The number of rotatable bonds is 34. The Hall–Kier alpha value is -1.06. The molecule has 0 radical (unpaired) electrons. The summed E-state index contributed by atoms with van der Waals surface area (Å²) in [7, 11) is 0. The van der Waals surface area contributed by atoms with Crippen LogP contribution in [0, 0.1) is 5.41 Å². The average Bonchev–Trinajstić information content (AvgIpc) is 3.58. The second-order valence-corrected chi connectivity index (χ2v) is 14.4. The first-order chi connectivity index (χ1) is 21.6. The minimum Gasteiger partial charge on any atom is -0.466 e. The summed E-state index contributed by atoms with van der Waals surface area (Å²) in [6.45, 7) is 9.25. The lowest BCUT2D eigenvalue weighted by molar-refractivity contribution is -0.144. The van der Waals surface area contributed by atoms with Crippen LogP contribution in [0.4, 0.5) is 0 Å². The number of amidine groups is 1. The van der Waals surface area contributed by atoms with Crippen LogP contribution in [-0.4, -0.2) is 31.5 Å². The number of carbonyl (C=O) groups excluding carboxylic acids is 1. The molecule has 0 aromatic rings. The molecule has 0 amide bonds. The molecule has 0 bridgehead atoms. The Morgan fingerprint density at radius 3 is 1.36 bits per heavy atom. The Morgan fingerprint density at radius 2 is 0.977 bits per heavy atom. The van der Waals surface area contributed by atoms with E-state index in [9.17, 15) is 4.79 Å². The van der Waals surface area contributed by atoms with Crippen LogP contribution in [0.1, 0.15) is 220 Å². The zero-order valence-electron chi connectivity index (χ0n) is 30.3. The molecule has 1 N–H and O–H groups in total. The second kappa shape index (κ2) is 30.6. The largest absolute Gasteiger partial charge is 0.466 e. The third-order valence-electron chi connectivity index (χ3n) is 9.98. The molecule has 1 rings (SSSR count). The predicted octanol–water partition coefficient (Wildman–Crippen LogP) is 12.7. The molecule has 0 aromatic carbocycles. The predicted molar refractivity (Wildman–Crippen MR) is 194 cm³/mol. The van der Waals surface area contributed by atoms with E-state index in [0.717, 1.165) is 44.6 Å². The van der Waals surface area contributed by atoms with Crippen molar-refractivity contribution in [3.8, 4) is 0 Å². The molecule has 0 spiro atoms. The van der Waals surface area contributed by atoms with E-state index in [1.54, 1.807) is 0 Å². The van der Waals surface area contributed by atoms with E-state index in [4.69, 9.17) is 9.73 Å². The maximum atomic E-state index is 12.4. The normalized spacial score (nSPS) is 14.4. The molecule has 0 aliphatic carbocycles. The Kier molecular flexibility index (Phi) is 28.5. The molecular weight excluding hydrogens is 540 g/mol. The third-order valence-corrected chi connectivity index (χ3v) is 9.98. The highest BCUT2D eigenvalue weighted by Crippen LogP contribution is 2.31. The molecule has 1 heterocycles. The van der Waals surface area contributed by atoms with Crippen molar-refractivity contribution < 1.29 is 9.53 Å². The van der Waals surface area contributed by atoms with E-state index >= 15 is 0 Å². The first kappa shape index (κ1) is 41.0. The van der Waals surface area contributed by atoms with Crippen LogP contribution in [0.3, 0.4) is 0 Å². The fourth-order valence-corrected chi connectivity index (χ4v) is 6.80. The van der Waals surface area contributed by atoms with Gasteiger partial charge in [0.2, 0.25) is 0 Å². The zero-order chi connectivity index (χ0) is 31.8. The van der Waals surface area contributed by atoms with Gasteiger partial charge in [-0.3, -0.25) is 9.79 Å². The van der Waals surface area contributed by atoms with Gasteiger partial charge >= 0.3 is 5.97 Å². The minimum absolute atomic E-state index is 0.00316. The Balaban J connectivity index is 2.02. The van der Waals surface area contributed by atoms with Gasteiger partial charge in [0.15, 0.2) is 0 Å². The van der Waals surface area contributed by atoms with E-state index in [0.29, 0.717) is 13.0 Å². The molecule has 1 unspecified atom stereocenters. The van der Waals surface area contributed by atoms with Crippen molar-refractivity contribution in [2.24, 2.45) is 10.4 Å². The van der Waals surface area contributed by atoms with Gasteiger partial charge in [0.05, 0.1) is 13.2 Å². The summed E-state index contributed by atoms with van der Waals surface area (Å²) in [4.78, 5) is 17.2. The molecule has 260 valence electrons. The standard InChI is InChI=1S/C40H78N2O2/c1-4-6-8-10-12-14-16-18-19-20-22-24-26-28-30-32-38(43)44-37-34-40(3,39-41-35-36-42-39)33-31-29-27-25-23-21-17-15-13-11-9-7-5-2/h4-37H2,1-3H3,(H,41,42). The number of nitrogens with one attached hydrogen (secondary N) is 1. The van der Waals surface area contributed by atoms with Crippen molar-refractivity contribution in [1.82, 2.24) is 5.32 Å². The van der Waals surface area contributed by atoms with Crippen LogP contribution in [-0.2, 0) is 9.53 Å². The molecule has 1 atom stereocenters. The smallest absolute Gasteiger partial charge is 0.305 e. The second-order valence-electron chi connectivity index (χ2n) is 14.4. The van der Waals surface area contributed by atoms with E-state index in [-0.39, 0.29) is 11.4 Å². The summed E-state index contributed by atoms with van der Waals surface area (Å²) in [6, 6.07) is 0. The Morgan fingerprint density at radius 1 is 0.591 bits per heavy atom. The van der Waals surface area contributed by atoms with Crippen LogP contribution in [0.25, 0.3) is 0 Å². The lowest BCUT2D eigenvalue weighted by Gasteiger charge is -2.30. The molecular formula is C40H78N2O2. The van der Waals surface area contributed by atoms with Gasteiger partial charge in [-0.15, -0.1) is 0 Å². The number of carbonyl (C=O) groups is 1. The number of esters is 1. The summed E-state index contributed by atoms with van der Waals surface area (Å²) in [5.41, 5.74) is 0.00316. The zero-order valence-corrected chi connectivity index (χ0v) is 30.3. The van der Waals surface area contributed by atoms with Gasteiger partial charge in [0.1, 0.15) is 5.84 Å². The summed E-state index contributed by atoms with van der Waals surface area (Å²) in [6.07, 6.45) is 40.8. The summed E-state index contributed by atoms with van der Waals surface area (Å²) >= 11 is 0. The van der Waals surface area contributed by atoms with Crippen LogP contribution in [0.5, 0.6) is 0 Å². The quantitative estimate of drug-likeness (QED) is 0.0576. The number of aliphatic imine (C=N–C) groups is 1. The fourth-order valence-electron chi connectivity index (χ4n) is 6.80. The van der Waals surface area contributed by atoms with E-state index in [2.05, 4.69) is 26.1 Å². The first-order valence-electron chi connectivity index (χ1n) is 20.1. The highest BCUT2D eigenvalue weighted by Gasteiger charge is 2.32. The van der Waals surface area contributed by atoms with Gasteiger partial charge in [0.25, 0.3) is 0 Å². The molecule has 0 fully saturated rings. The van der Waals surface area contributed by atoms with E-state index in [1.807, 2.05) is 0 Å². The molecule has 0 aromatic heterocycles. The van der Waals surface area contributed by atoms with E-state index in [1.165, 1.54) is 167 Å². The summed E-state index contributed by atoms with van der Waals surface area (Å²) < 4.78 is 5.71. The van der Waals surface area contributed by atoms with Crippen LogP contribution >= 0.6 is 0 Å². The maximum absolute atomic E-state index is 12.4. The van der Waals surface area contributed by atoms with Crippen LogP contribution in [0.15, 0.2) is 4.99 Å². The topological polar surface area (TPSA) is 50.7 Å².